The molecule has 0 saturated carbocycles. The van der Waals surface area contributed by atoms with E-state index in [4.69, 9.17) is 28.0 Å². The minimum atomic E-state index is -0.939. The number of hydrogen-bond acceptors (Lipinski definition) is 4. The summed E-state index contributed by atoms with van der Waals surface area (Å²) >= 11 is 15.6. The molecule has 2 amide bonds. The third-order valence-electron chi connectivity index (χ3n) is 5.48. The molecular formula is C23H15BrCl2N2O3. The van der Waals surface area contributed by atoms with Crippen LogP contribution in [0, 0.1) is 5.92 Å². The Labute approximate surface area is 197 Å². The molecule has 5 nitrogen and oxygen atoms in total. The second-order valence-corrected chi connectivity index (χ2v) is 9.05. The van der Waals surface area contributed by atoms with Crippen LogP contribution in [-0.2, 0) is 14.4 Å². The van der Waals surface area contributed by atoms with Crippen molar-refractivity contribution in [1.82, 2.24) is 0 Å². The van der Waals surface area contributed by atoms with Gasteiger partial charge in [-0.1, -0.05) is 69.5 Å². The van der Waals surface area contributed by atoms with Gasteiger partial charge in [0.25, 0.3) is 5.91 Å². The fourth-order valence-electron chi connectivity index (χ4n) is 4.12. The molecule has 0 N–H and O–H groups in total. The van der Waals surface area contributed by atoms with Crippen molar-refractivity contribution in [3.05, 3.63) is 92.9 Å². The van der Waals surface area contributed by atoms with Crippen LogP contribution >= 0.6 is 39.1 Å². The maximum Gasteiger partial charge on any atom is 0.266 e. The molecule has 0 radical (unpaired) electrons. The zero-order valence-corrected chi connectivity index (χ0v) is 19.0. The number of fused-ring (bicyclic) bond motifs is 1. The van der Waals surface area contributed by atoms with Gasteiger partial charge in [0.15, 0.2) is 6.10 Å². The average Bonchev–Trinajstić information content (AvgIpc) is 3.27. The topological polar surface area (TPSA) is 49.9 Å². The molecule has 5 rings (SSSR count). The molecule has 2 heterocycles. The molecule has 2 fully saturated rings. The third-order valence-corrected chi connectivity index (χ3v) is 6.71. The Bertz CT molecular complexity index is 1190. The fourth-order valence-corrected chi connectivity index (χ4v) is 4.83. The summed E-state index contributed by atoms with van der Waals surface area (Å²) in [6.07, 6.45) is -0.939. The van der Waals surface area contributed by atoms with Crippen LogP contribution in [0.25, 0.3) is 0 Å². The van der Waals surface area contributed by atoms with Crippen LogP contribution in [-0.4, -0.2) is 17.9 Å². The number of amides is 2. The van der Waals surface area contributed by atoms with E-state index in [9.17, 15) is 9.59 Å². The highest BCUT2D eigenvalue weighted by atomic mass is 79.9. The Morgan fingerprint density at radius 1 is 0.806 bits per heavy atom. The summed E-state index contributed by atoms with van der Waals surface area (Å²) in [5.74, 6) is -1.47. The number of benzene rings is 3. The molecule has 0 unspecified atom stereocenters. The van der Waals surface area contributed by atoms with Crippen molar-refractivity contribution in [2.75, 3.05) is 9.96 Å². The number of rotatable bonds is 3. The van der Waals surface area contributed by atoms with Crippen LogP contribution < -0.4 is 9.96 Å². The molecule has 0 aromatic heterocycles. The van der Waals surface area contributed by atoms with E-state index in [-0.39, 0.29) is 10.9 Å². The van der Waals surface area contributed by atoms with Gasteiger partial charge in [0.2, 0.25) is 5.91 Å². The highest BCUT2D eigenvalue weighted by Gasteiger charge is 2.60. The van der Waals surface area contributed by atoms with Crippen molar-refractivity contribution in [2.24, 2.45) is 5.92 Å². The summed E-state index contributed by atoms with van der Waals surface area (Å²) in [4.78, 5) is 34.1. The van der Waals surface area contributed by atoms with Crippen LogP contribution in [0.2, 0.25) is 10.0 Å². The first-order valence-electron chi connectivity index (χ1n) is 9.55. The standard InChI is InChI=1S/C23H15BrCl2N2O3/c24-14-6-4-5-13(11-14)20-19-21(31-28(20)15-7-2-1-3-8-15)23(30)27(22(19)29)16-9-10-17(25)18(26)12-16/h1-12,19-21H/t19-,20+,21-/m1/s1. The Morgan fingerprint density at radius 3 is 2.29 bits per heavy atom. The molecule has 3 aromatic rings. The zero-order valence-electron chi connectivity index (χ0n) is 15.9. The highest BCUT2D eigenvalue weighted by Crippen LogP contribution is 2.48. The fraction of sp³-hybridized carbons (Fsp3) is 0.130. The van der Waals surface area contributed by atoms with Crippen molar-refractivity contribution in [3.63, 3.8) is 0 Å². The number of carbonyl (C=O) groups excluding carboxylic acids is 2. The van der Waals surface area contributed by atoms with Gasteiger partial charge in [0.1, 0.15) is 5.92 Å². The van der Waals surface area contributed by atoms with E-state index in [0.29, 0.717) is 10.7 Å². The summed E-state index contributed by atoms with van der Waals surface area (Å²) in [6, 6.07) is 21.3. The molecule has 31 heavy (non-hydrogen) atoms. The molecule has 0 aliphatic carbocycles. The maximum atomic E-state index is 13.6. The number of halogens is 3. The maximum absolute atomic E-state index is 13.6. The predicted molar refractivity (Wildman–Crippen MR) is 123 cm³/mol. The van der Waals surface area contributed by atoms with Gasteiger partial charge in [-0.2, -0.15) is 0 Å². The quantitative estimate of drug-likeness (QED) is 0.411. The lowest BCUT2D eigenvalue weighted by atomic mass is 9.90. The first kappa shape index (κ1) is 20.5. The number of hydroxylamine groups is 1. The summed E-state index contributed by atoms with van der Waals surface area (Å²) in [7, 11) is 0. The van der Waals surface area contributed by atoms with Gasteiger partial charge in [0, 0.05) is 4.47 Å². The normalized spacial score (nSPS) is 22.9. The van der Waals surface area contributed by atoms with Gasteiger partial charge < -0.3 is 0 Å². The van der Waals surface area contributed by atoms with E-state index in [1.54, 1.807) is 17.2 Å². The van der Waals surface area contributed by atoms with Crippen molar-refractivity contribution in [3.8, 4) is 0 Å². The minimum absolute atomic E-state index is 0.271. The third kappa shape index (κ3) is 3.44. The Morgan fingerprint density at radius 2 is 1.58 bits per heavy atom. The number of anilines is 2. The van der Waals surface area contributed by atoms with E-state index < -0.39 is 24.0 Å². The molecule has 3 aromatic carbocycles. The molecule has 156 valence electrons. The van der Waals surface area contributed by atoms with Gasteiger partial charge >= 0.3 is 0 Å². The van der Waals surface area contributed by atoms with Crippen molar-refractivity contribution >= 4 is 62.3 Å². The number of carbonyl (C=O) groups is 2. The van der Waals surface area contributed by atoms with E-state index in [1.807, 2.05) is 54.6 Å². The van der Waals surface area contributed by atoms with Gasteiger partial charge in [-0.3, -0.25) is 14.4 Å². The molecule has 2 saturated heterocycles. The van der Waals surface area contributed by atoms with Crippen molar-refractivity contribution in [2.45, 2.75) is 12.1 Å². The van der Waals surface area contributed by atoms with Crippen LogP contribution in [0.3, 0.4) is 0 Å². The van der Waals surface area contributed by atoms with Crippen molar-refractivity contribution < 1.29 is 14.4 Å². The SMILES string of the molecule is O=C1[C@H]2[C@@H](ON(c3ccccc3)[C@H]2c2cccc(Br)c2)C(=O)N1c1ccc(Cl)c(Cl)c1. The first-order valence-corrected chi connectivity index (χ1v) is 11.1. The Balaban J connectivity index is 1.59. The highest BCUT2D eigenvalue weighted by molar-refractivity contribution is 9.10. The molecule has 0 bridgehead atoms. The van der Waals surface area contributed by atoms with Crippen LogP contribution in [0.1, 0.15) is 11.6 Å². The predicted octanol–water partition coefficient (Wildman–Crippen LogP) is 5.81. The summed E-state index contributed by atoms with van der Waals surface area (Å²) in [6.45, 7) is 0. The second kappa shape index (κ2) is 7.95. The molecule has 8 heteroatoms. The van der Waals surface area contributed by atoms with Crippen LogP contribution in [0.5, 0.6) is 0 Å². The molecule has 0 spiro atoms. The average molecular weight is 518 g/mol. The van der Waals surface area contributed by atoms with E-state index >= 15 is 0 Å². The lowest BCUT2D eigenvalue weighted by molar-refractivity contribution is -0.126. The number of imide groups is 1. The van der Waals surface area contributed by atoms with Crippen molar-refractivity contribution in [1.29, 1.82) is 0 Å². The second-order valence-electron chi connectivity index (χ2n) is 7.32. The summed E-state index contributed by atoms with van der Waals surface area (Å²) < 4.78 is 0.875. The number of nitrogens with zero attached hydrogens (tertiary/aromatic N) is 2. The molecule has 3 atom stereocenters. The molecule has 2 aliphatic rings. The Kier molecular flexibility index (Phi) is 5.26. The lowest BCUT2D eigenvalue weighted by Crippen LogP contribution is -2.37. The van der Waals surface area contributed by atoms with E-state index in [2.05, 4.69) is 15.9 Å². The monoisotopic (exact) mass is 516 g/mol. The van der Waals surface area contributed by atoms with E-state index in [0.717, 1.165) is 20.6 Å². The smallest absolute Gasteiger partial charge is 0.266 e. The van der Waals surface area contributed by atoms with Gasteiger partial charge in [0.05, 0.1) is 27.5 Å². The largest absolute Gasteiger partial charge is 0.273 e. The number of hydrogen-bond donors (Lipinski definition) is 0. The van der Waals surface area contributed by atoms with Crippen LogP contribution in [0.15, 0.2) is 77.3 Å². The minimum Gasteiger partial charge on any atom is -0.273 e. The molecule has 2 aliphatic heterocycles. The lowest BCUT2D eigenvalue weighted by Gasteiger charge is -2.29. The summed E-state index contributed by atoms with van der Waals surface area (Å²) in [5, 5.41) is 2.29. The number of para-hydroxylation sites is 1. The summed E-state index contributed by atoms with van der Waals surface area (Å²) in [5.41, 5.74) is 2.01. The zero-order chi connectivity index (χ0) is 21.7. The van der Waals surface area contributed by atoms with E-state index in [1.165, 1.54) is 6.07 Å². The van der Waals surface area contributed by atoms with Gasteiger partial charge in [-0.15, -0.1) is 0 Å². The Hall–Kier alpha value is -2.38. The van der Waals surface area contributed by atoms with Crippen LogP contribution in [0.4, 0.5) is 11.4 Å². The first-order chi connectivity index (χ1) is 15.0. The molecular weight excluding hydrogens is 503 g/mol. The van der Waals surface area contributed by atoms with Gasteiger partial charge in [-0.05, 0) is 48.0 Å². The van der Waals surface area contributed by atoms with Gasteiger partial charge in [-0.25, -0.2) is 9.96 Å².